The molecular formula is C19H19F6N5. The number of anilines is 2. The van der Waals surface area contributed by atoms with Crippen LogP contribution >= 0.6 is 0 Å². The minimum absolute atomic E-state index is 0.0196. The summed E-state index contributed by atoms with van der Waals surface area (Å²) in [7, 11) is 0. The van der Waals surface area contributed by atoms with Crippen LogP contribution in [0, 0.1) is 5.41 Å². The highest BCUT2D eigenvalue weighted by Gasteiger charge is 2.42. The first-order valence-electron chi connectivity index (χ1n) is 9.48. The van der Waals surface area contributed by atoms with E-state index in [1.807, 2.05) is 4.90 Å². The minimum atomic E-state index is -4.54. The molecule has 4 heterocycles. The summed E-state index contributed by atoms with van der Waals surface area (Å²) >= 11 is 0. The molecule has 1 spiro atoms. The van der Waals surface area contributed by atoms with Crippen molar-refractivity contribution < 1.29 is 26.3 Å². The highest BCUT2D eigenvalue weighted by Crippen LogP contribution is 2.43. The van der Waals surface area contributed by atoms with Gasteiger partial charge in [-0.25, -0.2) is 9.97 Å². The zero-order chi connectivity index (χ0) is 21.6. The molecule has 0 saturated carbocycles. The first-order valence-corrected chi connectivity index (χ1v) is 9.48. The van der Waals surface area contributed by atoms with Gasteiger partial charge in [-0.05, 0) is 36.8 Å². The number of aromatic nitrogens is 3. The van der Waals surface area contributed by atoms with Gasteiger partial charge in [0.2, 0.25) is 0 Å². The molecular weight excluding hydrogens is 412 g/mol. The summed E-state index contributed by atoms with van der Waals surface area (Å²) in [6.07, 6.45) is -3.33. The molecule has 0 amide bonds. The fourth-order valence-electron chi connectivity index (χ4n) is 4.16. The van der Waals surface area contributed by atoms with Crippen molar-refractivity contribution in [3.8, 4) is 0 Å². The van der Waals surface area contributed by atoms with Gasteiger partial charge >= 0.3 is 12.4 Å². The van der Waals surface area contributed by atoms with Crippen LogP contribution in [0.2, 0.25) is 0 Å². The third-order valence-corrected chi connectivity index (χ3v) is 5.90. The van der Waals surface area contributed by atoms with Crippen LogP contribution in [-0.2, 0) is 12.4 Å². The van der Waals surface area contributed by atoms with Crippen molar-refractivity contribution in [1.82, 2.24) is 15.0 Å². The molecule has 0 aromatic carbocycles. The number of hydrogen-bond acceptors (Lipinski definition) is 5. The van der Waals surface area contributed by atoms with Crippen molar-refractivity contribution in [3.63, 3.8) is 0 Å². The maximum absolute atomic E-state index is 12.9. The molecule has 0 N–H and O–H groups in total. The highest BCUT2D eigenvalue weighted by atomic mass is 19.4. The van der Waals surface area contributed by atoms with Gasteiger partial charge in [0.05, 0.1) is 24.3 Å². The van der Waals surface area contributed by atoms with E-state index < -0.39 is 23.7 Å². The zero-order valence-electron chi connectivity index (χ0n) is 15.8. The van der Waals surface area contributed by atoms with E-state index in [2.05, 4.69) is 15.0 Å². The van der Waals surface area contributed by atoms with Crippen LogP contribution in [0.4, 0.5) is 37.8 Å². The molecule has 2 aromatic rings. The van der Waals surface area contributed by atoms with Gasteiger partial charge in [0.15, 0.2) is 5.69 Å². The molecule has 11 heteroatoms. The predicted octanol–water partition coefficient (Wildman–Crippen LogP) is 4.41. The van der Waals surface area contributed by atoms with Crippen LogP contribution in [0.25, 0.3) is 0 Å². The minimum Gasteiger partial charge on any atom is -0.370 e. The van der Waals surface area contributed by atoms with E-state index in [-0.39, 0.29) is 11.2 Å². The molecule has 162 valence electrons. The van der Waals surface area contributed by atoms with Crippen LogP contribution in [0.15, 0.2) is 30.7 Å². The number of rotatable bonds is 2. The average molecular weight is 431 g/mol. The second-order valence-electron chi connectivity index (χ2n) is 7.82. The molecule has 2 aromatic heterocycles. The first-order chi connectivity index (χ1) is 14.1. The highest BCUT2D eigenvalue weighted by molar-refractivity contribution is 5.47. The largest absolute Gasteiger partial charge is 0.434 e. The Labute approximate surface area is 168 Å². The number of pyridine rings is 1. The van der Waals surface area contributed by atoms with Gasteiger partial charge in [-0.3, -0.25) is 4.98 Å². The number of piperidine rings is 1. The van der Waals surface area contributed by atoms with Gasteiger partial charge in [-0.15, -0.1) is 0 Å². The van der Waals surface area contributed by atoms with E-state index in [4.69, 9.17) is 0 Å². The van der Waals surface area contributed by atoms with E-state index in [9.17, 15) is 26.3 Å². The fourth-order valence-corrected chi connectivity index (χ4v) is 4.16. The average Bonchev–Trinajstić information content (AvgIpc) is 3.11. The Morgan fingerprint density at radius 3 is 1.97 bits per heavy atom. The zero-order valence-corrected chi connectivity index (χ0v) is 15.8. The fraction of sp³-hybridized carbons (Fsp3) is 0.526. The summed E-state index contributed by atoms with van der Waals surface area (Å²) in [6, 6.07) is 2.41. The normalized spacial score (nSPS) is 19.5. The Balaban J connectivity index is 1.40. The van der Waals surface area contributed by atoms with E-state index >= 15 is 0 Å². The van der Waals surface area contributed by atoms with Gasteiger partial charge in [-0.2, -0.15) is 26.3 Å². The Kier molecular flexibility index (Phi) is 5.01. The third-order valence-electron chi connectivity index (χ3n) is 5.90. The van der Waals surface area contributed by atoms with Gasteiger partial charge in [0, 0.05) is 26.2 Å². The molecule has 4 rings (SSSR count). The lowest BCUT2D eigenvalue weighted by molar-refractivity contribution is -0.142. The van der Waals surface area contributed by atoms with Gasteiger partial charge in [0.25, 0.3) is 0 Å². The topological polar surface area (TPSA) is 45.2 Å². The quantitative estimate of drug-likeness (QED) is 0.660. The van der Waals surface area contributed by atoms with Gasteiger partial charge < -0.3 is 9.80 Å². The molecule has 30 heavy (non-hydrogen) atoms. The first kappa shape index (κ1) is 20.7. The molecule has 2 saturated heterocycles. The Hall–Kier alpha value is -2.59. The summed E-state index contributed by atoms with van der Waals surface area (Å²) in [6.45, 7) is 2.49. The lowest BCUT2D eigenvalue weighted by Crippen LogP contribution is -2.42. The van der Waals surface area contributed by atoms with Gasteiger partial charge in [0.1, 0.15) is 11.5 Å². The summed E-state index contributed by atoms with van der Waals surface area (Å²) in [5, 5.41) is 0. The predicted molar refractivity (Wildman–Crippen MR) is 97.0 cm³/mol. The van der Waals surface area contributed by atoms with E-state index in [1.54, 1.807) is 4.90 Å². The van der Waals surface area contributed by atoms with Gasteiger partial charge in [-0.1, -0.05) is 0 Å². The van der Waals surface area contributed by atoms with Crippen molar-refractivity contribution in [2.45, 2.75) is 31.6 Å². The molecule has 0 unspecified atom stereocenters. The van der Waals surface area contributed by atoms with Crippen LogP contribution in [0.1, 0.15) is 30.7 Å². The Bertz CT molecular complexity index is 888. The molecule has 2 aliphatic heterocycles. The maximum Gasteiger partial charge on any atom is 0.434 e. The lowest BCUT2D eigenvalue weighted by Gasteiger charge is -2.39. The maximum atomic E-state index is 12.9. The summed E-state index contributed by atoms with van der Waals surface area (Å²) < 4.78 is 76.7. The van der Waals surface area contributed by atoms with Crippen LogP contribution in [0.3, 0.4) is 0 Å². The SMILES string of the molecule is FC(F)(F)c1ccc(N2CCC3(CCN(c4cncc(C(F)(F)F)n4)CC3)C2)cn1. The van der Waals surface area contributed by atoms with Crippen molar-refractivity contribution in [1.29, 1.82) is 0 Å². The third kappa shape index (κ3) is 4.15. The number of nitrogens with zero attached hydrogens (tertiary/aromatic N) is 5. The van der Waals surface area contributed by atoms with E-state index in [0.29, 0.717) is 38.1 Å². The molecule has 2 fully saturated rings. The summed E-state index contributed by atoms with van der Waals surface area (Å²) in [4.78, 5) is 14.7. The second-order valence-corrected chi connectivity index (χ2v) is 7.82. The number of hydrogen-bond donors (Lipinski definition) is 0. The summed E-state index contributed by atoms with van der Waals surface area (Å²) in [5.41, 5.74) is -1.31. The van der Waals surface area contributed by atoms with Crippen molar-refractivity contribution >= 4 is 11.5 Å². The Morgan fingerprint density at radius 2 is 1.40 bits per heavy atom. The summed E-state index contributed by atoms with van der Waals surface area (Å²) in [5.74, 6) is 0.210. The second kappa shape index (κ2) is 7.28. The van der Waals surface area contributed by atoms with Crippen LogP contribution in [0.5, 0.6) is 0 Å². The standard InChI is InChI=1S/C19H19F6N5/c20-18(21,22)14-2-1-13(9-27-14)30-8-5-17(12-30)3-6-29(7-4-17)16-11-26-10-15(28-16)19(23,24)25/h1-2,9-11H,3-8,12H2. The van der Waals surface area contributed by atoms with Crippen molar-refractivity contribution in [2.75, 3.05) is 36.0 Å². The smallest absolute Gasteiger partial charge is 0.370 e. The molecule has 2 aliphatic rings. The van der Waals surface area contributed by atoms with Crippen molar-refractivity contribution in [2.24, 2.45) is 5.41 Å². The molecule has 5 nitrogen and oxygen atoms in total. The van der Waals surface area contributed by atoms with Crippen LogP contribution < -0.4 is 9.80 Å². The molecule has 0 atom stereocenters. The lowest BCUT2D eigenvalue weighted by atomic mass is 9.78. The Morgan fingerprint density at radius 1 is 0.767 bits per heavy atom. The van der Waals surface area contributed by atoms with E-state index in [0.717, 1.165) is 25.3 Å². The monoisotopic (exact) mass is 431 g/mol. The molecule has 0 radical (unpaired) electrons. The molecule has 0 aliphatic carbocycles. The van der Waals surface area contributed by atoms with Crippen LogP contribution in [-0.4, -0.2) is 41.1 Å². The van der Waals surface area contributed by atoms with Crippen molar-refractivity contribution in [3.05, 3.63) is 42.1 Å². The van der Waals surface area contributed by atoms with E-state index in [1.165, 1.54) is 18.5 Å². The number of halogens is 6. The molecule has 0 bridgehead atoms. The number of alkyl halides is 6.